The molecule has 0 aromatic carbocycles. The SMILES string of the molecule is CC1(C)C(=O)N(CO)C(=O)N1CO.[NaH]. The number of nitrogens with zero attached hydrogens (tertiary/aromatic N) is 2. The number of carbonyl (C=O) groups is 2. The summed E-state index contributed by atoms with van der Waals surface area (Å²) >= 11 is 0. The van der Waals surface area contributed by atoms with Crippen LogP contribution in [0.5, 0.6) is 0 Å². The number of amides is 3. The van der Waals surface area contributed by atoms with Gasteiger partial charge in [0.2, 0.25) is 0 Å². The van der Waals surface area contributed by atoms with Gasteiger partial charge in [0.05, 0.1) is 0 Å². The van der Waals surface area contributed by atoms with E-state index in [9.17, 15) is 9.59 Å². The zero-order valence-electron chi connectivity index (χ0n) is 7.52. The van der Waals surface area contributed by atoms with Gasteiger partial charge in [-0.15, -0.1) is 0 Å². The summed E-state index contributed by atoms with van der Waals surface area (Å²) in [5.74, 6) is -0.506. The standard InChI is InChI=1S/C7H12N2O4.Na.H/c1-7(2)5(12)8(3-10)6(13)9(7)4-11;;/h10-11H,3-4H2,1-2H3;;. The predicted molar refractivity (Wildman–Crippen MR) is 49.5 cm³/mol. The first-order valence-electron chi connectivity index (χ1n) is 3.82. The fourth-order valence-corrected chi connectivity index (χ4v) is 1.28. The molecular weight excluding hydrogens is 199 g/mol. The maximum absolute atomic E-state index is 11.4. The summed E-state index contributed by atoms with van der Waals surface area (Å²) in [6.07, 6.45) is 0. The molecule has 76 valence electrons. The summed E-state index contributed by atoms with van der Waals surface area (Å²) < 4.78 is 0. The molecule has 0 bridgehead atoms. The van der Waals surface area contributed by atoms with Crippen molar-refractivity contribution in [2.24, 2.45) is 0 Å². The predicted octanol–water partition coefficient (Wildman–Crippen LogP) is -1.72. The topological polar surface area (TPSA) is 81.1 Å². The van der Waals surface area contributed by atoms with Crippen LogP contribution in [-0.4, -0.2) is 80.5 Å². The Morgan fingerprint density at radius 2 is 1.71 bits per heavy atom. The van der Waals surface area contributed by atoms with Crippen LogP contribution < -0.4 is 0 Å². The Kier molecular flexibility index (Phi) is 4.54. The van der Waals surface area contributed by atoms with Gasteiger partial charge < -0.3 is 10.2 Å². The number of urea groups is 1. The zero-order chi connectivity index (χ0) is 10.2. The molecule has 1 aliphatic heterocycles. The summed E-state index contributed by atoms with van der Waals surface area (Å²) in [6.45, 7) is 1.84. The van der Waals surface area contributed by atoms with Crippen LogP contribution in [0.1, 0.15) is 13.8 Å². The molecule has 2 N–H and O–H groups in total. The molecular formula is C7H13N2NaO4. The molecule has 0 aromatic heterocycles. The normalized spacial score (nSPS) is 20.0. The molecule has 1 aliphatic rings. The van der Waals surface area contributed by atoms with E-state index in [0.717, 1.165) is 4.90 Å². The fraction of sp³-hybridized carbons (Fsp3) is 0.714. The van der Waals surface area contributed by atoms with Gasteiger partial charge in [0.15, 0.2) is 0 Å². The van der Waals surface area contributed by atoms with E-state index in [0.29, 0.717) is 4.90 Å². The number of hydrogen-bond donors (Lipinski definition) is 2. The second-order valence-corrected chi connectivity index (χ2v) is 3.29. The molecule has 6 nitrogen and oxygen atoms in total. The molecule has 0 atom stereocenters. The first-order chi connectivity index (χ1) is 5.96. The Labute approximate surface area is 104 Å². The first kappa shape index (κ1) is 13.9. The molecule has 1 heterocycles. The van der Waals surface area contributed by atoms with E-state index in [2.05, 4.69) is 0 Å². The monoisotopic (exact) mass is 212 g/mol. The first-order valence-corrected chi connectivity index (χ1v) is 3.82. The number of hydrogen-bond acceptors (Lipinski definition) is 4. The molecule has 0 unspecified atom stereocenters. The Bertz CT molecular complexity index is 256. The molecule has 0 aliphatic carbocycles. The molecule has 0 saturated carbocycles. The van der Waals surface area contributed by atoms with Crippen LogP contribution >= 0.6 is 0 Å². The van der Waals surface area contributed by atoms with Gasteiger partial charge in [0, 0.05) is 0 Å². The van der Waals surface area contributed by atoms with Crippen molar-refractivity contribution in [1.29, 1.82) is 0 Å². The van der Waals surface area contributed by atoms with Gasteiger partial charge in [0.25, 0.3) is 5.91 Å². The maximum atomic E-state index is 11.4. The summed E-state index contributed by atoms with van der Waals surface area (Å²) in [4.78, 5) is 24.4. The van der Waals surface area contributed by atoms with Gasteiger partial charge in [-0.3, -0.25) is 9.69 Å². The number of aliphatic hydroxyl groups excluding tert-OH is 2. The molecule has 14 heavy (non-hydrogen) atoms. The molecule has 7 heteroatoms. The van der Waals surface area contributed by atoms with Crippen molar-refractivity contribution < 1.29 is 19.8 Å². The molecule has 0 spiro atoms. The zero-order valence-corrected chi connectivity index (χ0v) is 7.52. The van der Waals surface area contributed by atoms with Crippen molar-refractivity contribution in [2.75, 3.05) is 13.5 Å². The Balaban J connectivity index is 0.00000169. The van der Waals surface area contributed by atoms with Crippen LogP contribution in [0.4, 0.5) is 4.79 Å². The van der Waals surface area contributed by atoms with Crippen LogP contribution in [0.25, 0.3) is 0 Å². The van der Waals surface area contributed by atoms with E-state index in [-0.39, 0.29) is 29.6 Å². The van der Waals surface area contributed by atoms with Crippen LogP contribution in [0.2, 0.25) is 0 Å². The van der Waals surface area contributed by atoms with Crippen LogP contribution in [0.3, 0.4) is 0 Å². The summed E-state index contributed by atoms with van der Waals surface area (Å²) in [6, 6.07) is -0.667. The molecule has 1 saturated heterocycles. The molecule has 0 radical (unpaired) electrons. The average molecular weight is 212 g/mol. The van der Waals surface area contributed by atoms with Crippen molar-refractivity contribution in [1.82, 2.24) is 9.80 Å². The van der Waals surface area contributed by atoms with Crippen LogP contribution in [0.15, 0.2) is 0 Å². The summed E-state index contributed by atoms with van der Waals surface area (Å²) in [5.41, 5.74) is -1.07. The van der Waals surface area contributed by atoms with Crippen molar-refractivity contribution in [3.8, 4) is 0 Å². The van der Waals surface area contributed by atoms with Crippen molar-refractivity contribution in [3.63, 3.8) is 0 Å². The van der Waals surface area contributed by atoms with Gasteiger partial charge in [-0.25, -0.2) is 9.69 Å². The molecule has 3 amide bonds. The summed E-state index contributed by atoms with van der Waals surface area (Å²) in [5, 5.41) is 17.6. The Morgan fingerprint density at radius 3 is 1.93 bits per heavy atom. The van der Waals surface area contributed by atoms with Crippen molar-refractivity contribution in [3.05, 3.63) is 0 Å². The average Bonchev–Trinajstić information content (AvgIpc) is 2.20. The van der Waals surface area contributed by atoms with Gasteiger partial charge >= 0.3 is 35.6 Å². The third-order valence-corrected chi connectivity index (χ3v) is 2.19. The van der Waals surface area contributed by atoms with E-state index >= 15 is 0 Å². The van der Waals surface area contributed by atoms with E-state index < -0.39 is 30.9 Å². The minimum absolute atomic E-state index is 0. The van der Waals surface area contributed by atoms with E-state index in [4.69, 9.17) is 10.2 Å². The van der Waals surface area contributed by atoms with Gasteiger partial charge in [-0.1, -0.05) is 0 Å². The molecule has 1 fully saturated rings. The van der Waals surface area contributed by atoms with Crippen LogP contribution in [-0.2, 0) is 4.79 Å². The minimum atomic E-state index is -1.07. The Morgan fingerprint density at radius 1 is 1.21 bits per heavy atom. The quantitative estimate of drug-likeness (QED) is 0.421. The van der Waals surface area contributed by atoms with Crippen molar-refractivity contribution in [2.45, 2.75) is 19.4 Å². The summed E-state index contributed by atoms with van der Waals surface area (Å²) in [7, 11) is 0. The van der Waals surface area contributed by atoms with Crippen molar-refractivity contribution >= 4 is 41.5 Å². The van der Waals surface area contributed by atoms with Gasteiger partial charge in [0.1, 0.15) is 19.0 Å². The third-order valence-electron chi connectivity index (χ3n) is 2.19. The third kappa shape index (κ3) is 1.80. The second kappa shape index (κ2) is 4.59. The molecule has 1 rings (SSSR count). The number of imide groups is 1. The van der Waals surface area contributed by atoms with E-state index in [1.165, 1.54) is 13.8 Å². The van der Waals surface area contributed by atoms with E-state index in [1.807, 2.05) is 0 Å². The molecule has 0 aromatic rings. The number of rotatable bonds is 2. The van der Waals surface area contributed by atoms with Crippen LogP contribution in [0, 0.1) is 0 Å². The fourth-order valence-electron chi connectivity index (χ4n) is 1.28. The van der Waals surface area contributed by atoms with Gasteiger partial charge in [-0.2, -0.15) is 0 Å². The second-order valence-electron chi connectivity index (χ2n) is 3.29. The number of aliphatic hydroxyl groups is 2. The number of carbonyl (C=O) groups excluding carboxylic acids is 2. The van der Waals surface area contributed by atoms with E-state index in [1.54, 1.807) is 0 Å². The Hall–Kier alpha value is -0.140. The van der Waals surface area contributed by atoms with Gasteiger partial charge in [-0.05, 0) is 13.8 Å².